The molecule has 2 aliphatic rings. The minimum absolute atomic E-state index is 0.0445. The van der Waals surface area contributed by atoms with Gasteiger partial charge in [-0.1, -0.05) is 24.3 Å². The van der Waals surface area contributed by atoms with Crippen LogP contribution in [0, 0.1) is 5.92 Å². The van der Waals surface area contributed by atoms with Crippen molar-refractivity contribution in [1.82, 2.24) is 4.90 Å². The van der Waals surface area contributed by atoms with E-state index in [-0.39, 0.29) is 30.0 Å². The van der Waals surface area contributed by atoms with E-state index in [9.17, 15) is 24.6 Å². The van der Waals surface area contributed by atoms with E-state index in [4.69, 9.17) is 4.42 Å². The molecule has 3 N–H and O–H groups in total. The van der Waals surface area contributed by atoms with Gasteiger partial charge < -0.3 is 24.8 Å². The van der Waals surface area contributed by atoms with Gasteiger partial charge in [0, 0.05) is 0 Å². The number of anilines is 1. The molecular formula is C21H20N2O6. The third-order valence-electron chi connectivity index (χ3n) is 5.38. The summed E-state index contributed by atoms with van der Waals surface area (Å²) in [4.78, 5) is 37.7. The fourth-order valence-corrected chi connectivity index (χ4v) is 4.12. The topological polar surface area (TPSA) is 120 Å². The fourth-order valence-electron chi connectivity index (χ4n) is 4.12. The molecule has 3 atom stereocenters. The normalized spacial score (nSPS) is 21.6. The summed E-state index contributed by atoms with van der Waals surface area (Å²) in [5.74, 6) is -2.36. The van der Waals surface area contributed by atoms with Crippen molar-refractivity contribution in [1.29, 1.82) is 0 Å². The molecule has 1 saturated heterocycles. The number of rotatable bonds is 6. The van der Waals surface area contributed by atoms with Gasteiger partial charge in [-0.3, -0.25) is 9.59 Å². The molecule has 1 fully saturated rings. The molecule has 0 radical (unpaired) electrons. The summed E-state index contributed by atoms with van der Waals surface area (Å²) in [6.07, 6.45) is 2.51. The number of β-lactam (4-membered cyclic amide) rings is 1. The minimum atomic E-state index is -1.18. The van der Waals surface area contributed by atoms with Gasteiger partial charge in [0.05, 0.1) is 36.4 Å². The number of amides is 2. The number of nitrogens with one attached hydrogen (secondary N) is 1. The molecule has 8 heteroatoms. The average Bonchev–Trinajstić information content (AvgIpc) is 3.27. The number of benzene rings is 1. The van der Waals surface area contributed by atoms with Crippen molar-refractivity contribution in [2.75, 3.05) is 5.32 Å². The zero-order chi connectivity index (χ0) is 20.7. The molecule has 29 heavy (non-hydrogen) atoms. The van der Waals surface area contributed by atoms with E-state index in [2.05, 4.69) is 5.32 Å². The SMILES string of the molecule is C[C@@H](O)[C@H]1C(=O)N2C(C(=O)O)=C(c3cccc(CC(=O)Nc4ccoc4)c3)C[C@H]12. The van der Waals surface area contributed by atoms with Crippen LogP contribution in [0.5, 0.6) is 0 Å². The molecule has 0 spiro atoms. The van der Waals surface area contributed by atoms with Crippen molar-refractivity contribution >= 4 is 29.0 Å². The first-order valence-corrected chi connectivity index (χ1v) is 9.25. The lowest BCUT2D eigenvalue weighted by molar-refractivity contribution is -0.161. The molecule has 2 aliphatic heterocycles. The number of carbonyl (C=O) groups excluding carboxylic acids is 2. The molecule has 1 aromatic heterocycles. The number of carboxylic acids is 1. The molecule has 8 nitrogen and oxygen atoms in total. The number of carboxylic acid groups (broad SMARTS) is 1. The first-order chi connectivity index (χ1) is 13.9. The maximum atomic E-state index is 12.3. The van der Waals surface area contributed by atoms with Crippen LogP contribution in [0.1, 0.15) is 24.5 Å². The fraction of sp³-hybridized carbons (Fsp3) is 0.286. The van der Waals surface area contributed by atoms with E-state index in [0.29, 0.717) is 28.8 Å². The molecule has 2 aromatic rings. The molecule has 1 aromatic carbocycles. The predicted molar refractivity (Wildman–Crippen MR) is 102 cm³/mol. The third-order valence-corrected chi connectivity index (χ3v) is 5.38. The number of aliphatic hydroxyl groups excluding tert-OH is 1. The number of aliphatic carboxylic acids is 1. The van der Waals surface area contributed by atoms with Crippen molar-refractivity contribution in [2.45, 2.75) is 31.9 Å². The van der Waals surface area contributed by atoms with Crippen LogP contribution in [0.4, 0.5) is 5.69 Å². The van der Waals surface area contributed by atoms with Crippen LogP contribution in [0.3, 0.4) is 0 Å². The Kier molecular flexibility index (Phi) is 4.71. The lowest BCUT2D eigenvalue weighted by Crippen LogP contribution is -2.61. The number of nitrogens with zero attached hydrogens (tertiary/aromatic N) is 1. The number of aliphatic hydroxyl groups is 1. The molecule has 0 aliphatic carbocycles. The largest absolute Gasteiger partial charge is 0.477 e. The summed E-state index contributed by atoms with van der Waals surface area (Å²) >= 11 is 0. The van der Waals surface area contributed by atoms with Gasteiger partial charge in [-0.05, 0) is 36.1 Å². The Morgan fingerprint density at radius 3 is 2.79 bits per heavy atom. The highest BCUT2D eigenvalue weighted by Gasteiger charge is 2.56. The predicted octanol–water partition coefficient (Wildman–Crippen LogP) is 1.87. The van der Waals surface area contributed by atoms with Gasteiger partial charge in [-0.2, -0.15) is 0 Å². The monoisotopic (exact) mass is 396 g/mol. The van der Waals surface area contributed by atoms with Crippen molar-refractivity contribution in [2.24, 2.45) is 5.92 Å². The highest BCUT2D eigenvalue weighted by molar-refractivity contribution is 6.06. The average molecular weight is 396 g/mol. The maximum absolute atomic E-state index is 12.3. The Labute approximate surface area is 166 Å². The first-order valence-electron chi connectivity index (χ1n) is 9.25. The highest BCUT2D eigenvalue weighted by Crippen LogP contribution is 2.46. The summed E-state index contributed by atoms with van der Waals surface area (Å²) in [6, 6.07) is 8.36. The Bertz CT molecular complexity index is 1010. The van der Waals surface area contributed by atoms with Crippen LogP contribution in [-0.2, 0) is 20.8 Å². The third kappa shape index (κ3) is 3.31. The van der Waals surface area contributed by atoms with Gasteiger partial charge in [0.1, 0.15) is 12.0 Å². The molecule has 0 unspecified atom stereocenters. The Balaban J connectivity index is 1.58. The second-order valence-corrected chi connectivity index (χ2v) is 7.32. The standard InChI is InChI=1S/C21H20N2O6/c1-11(24)18-16-9-15(19(21(27)28)23(16)20(18)26)13-4-2-3-12(7-13)8-17(25)22-14-5-6-29-10-14/h2-7,10-11,16,18,24H,8-9H2,1H3,(H,22,25)(H,27,28)/t11-,16-,18-/m1/s1. The summed E-state index contributed by atoms with van der Waals surface area (Å²) in [7, 11) is 0. The van der Waals surface area contributed by atoms with Crippen LogP contribution in [0.25, 0.3) is 5.57 Å². The lowest BCUT2D eigenvalue weighted by Gasteiger charge is -2.44. The van der Waals surface area contributed by atoms with Crippen LogP contribution in [0.15, 0.2) is 53.0 Å². The van der Waals surface area contributed by atoms with E-state index in [0.717, 1.165) is 0 Å². The lowest BCUT2D eigenvalue weighted by atomic mass is 9.82. The van der Waals surface area contributed by atoms with Crippen molar-refractivity contribution in [3.63, 3.8) is 0 Å². The van der Waals surface area contributed by atoms with Gasteiger partial charge >= 0.3 is 5.97 Å². The van der Waals surface area contributed by atoms with Crippen molar-refractivity contribution < 1.29 is 29.0 Å². The van der Waals surface area contributed by atoms with E-state index < -0.39 is 18.0 Å². The number of fused-ring (bicyclic) bond motifs is 1. The first kappa shape index (κ1) is 18.9. The van der Waals surface area contributed by atoms with Crippen molar-refractivity contribution in [3.05, 3.63) is 59.7 Å². The maximum Gasteiger partial charge on any atom is 0.352 e. The van der Waals surface area contributed by atoms with Gasteiger partial charge in [-0.15, -0.1) is 0 Å². The Morgan fingerprint density at radius 2 is 2.14 bits per heavy atom. The number of hydrogen-bond acceptors (Lipinski definition) is 5. The highest BCUT2D eigenvalue weighted by atomic mass is 16.4. The van der Waals surface area contributed by atoms with Gasteiger partial charge in [0.15, 0.2) is 0 Å². The summed E-state index contributed by atoms with van der Waals surface area (Å²) in [5.41, 5.74) is 2.42. The number of furan rings is 1. The Hall–Kier alpha value is -3.39. The molecule has 2 amide bonds. The van der Waals surface area contributed by atoms with Gasteiger partial charge in [0.25, 0.3) is 0 Å². The van der Waals surface area contributed by atoms with E-state index in [1.54, 1.807) is 30.3 Å². The van der Waals surface area contributed by atoms with Crippen LogP contribution in [0.2, 0.25) is 0 Å². The molecule has 0 saturated carbocycles. The van der Waals surface area contributed by atoms with Gasteiger partial charge in [0.2, 0.25) is 11.8 Å². The van der Waals surface area contributed by atoms with E-state index in [1.165, 1.54) is 24.3 Å². The van der Waals surface area contributed by atoms with E-state index in [1.807, 2.05) is 0 Å². The second kappa shape index (κ2) is 7.21. The summed E-state index contributed by atoms with van der Waals surface area (Å²) in [6.45, 7) is 1.54. The second-order valence-electron chi connectivity index (χ2n) is 7.32. The molecule has 3 heterocycles. The smallest absolute Gasteiger partial charge is 0.352 e. The zero-order valence-corrected chi connectivity index (χ0v) is 15.7. The van der Waals surface area contributed by atoms with Gasteiger partial charge in [-0.25, -0.2) is 4.79 Å². The minimum Gasteiger partial charge on any atom is -0.477 e. The van der Waals surface area contributed by atoms with Crippen molar-refractivity contribution in [3.8, 4) is 0 Å². The Morgan fingerprint density at radius 1 is 1.34 bits per heavy atom. The molecule has 4 rings (SSSR count). The van der Waals surface area contributed by atoms with Crippen LogP contribution >= 0.6 is 0 Å². The summed E-state index contributed by atoms with van der Waals surface area (Å²) in [5, 5.41) is 22.3. The quantitative estimate of drug-likeness (QED) is 0.641. The summed E-state index contributed by atoms with van der Waals surface area (Å²) < 4.78 is 4.92. The molecular weight excluding hydrogens is 376 g/mol. The van der Waals surface area contributed by atoms with Crippen LogP contribution in [-0.4, -0.2) is 45.0 Å². The van der Waals surface area contributed by atoms with E-state index >= 15 is 0 Å². The number of carbonyl (C=O) groups is 3. The molecule has 150 valence electrons. The number of hydrogen-bond donors (Lipinski definition) is 3. The molecule has 0 bridgehead atoms. The zero-order valence-electron chi connectivity index (χ0n) is 15.7. The van der Waals surface area contributed by atoms with Crippen LogP contribution < -0.4 is 5.32 Å².